The van der Waals surface area contributed by atoms with Crippen LogP contribution in [0.3, 0.4) is 0 Å². The number of hydrogen-bond donors (Lipinski definition) is 0. The second kappa shape index (κ2) is 4.02. The van der Waals surface area contributed by atoms with E-state index in [1.165, 1.54) is 16.9 Å². The Hall–Kier alpha value is -1.57. The number of aromatic nitrogens is 2. The molecule has 0 bridgehead atoms. The molecule has 0 aliphatic heterocycles. The Kier molecular flexibility index (Phi) is 2.82. The molecule has 0 fully saturated rings. The van der Waals surface area contributed by atoms with Crippen LogP contribution in [0.1, 0.15) is 37.7 Å². The molecule has 1 heterocycles. The Balaban J connectivity index is 2.64. The summed E-state index contributed by atoms with van der Waals surface area (Å²) >= 11 is 0. The second-order valence-corrected chi connectivity index (χ2v) is 5.62. The van der Waals surface area contributed by atoms with Gasteiger partial charge in [-0.1, -0.05) is 39.0 Å². The van der Waals surface area contributed by atoms with Gasteiger partial charge in [0.2, 0.25) is 0 Å². The highest BCUT2D eigenvalue weighted by atomic mass is 15.3. The van der Waals surface area contributed by atoms with Crippen molar-refractivity contribution in [2.24, 2.45) is 0 Å². The SMILES string of the molecule is Cc1cc(C(C)(C)C)n(-c2ccccc2C)n1. The quantitative estimate of drug-likeness (QED) is 0.726. The summed E-state index contributed by atoms with van der Waals surface area (Å²) in [5.41, 5.74) is 4.85. The van der Waals surface area contributed by atoms with Gasteiger partial charge in [0.25, 0.3) is 0 Å². The monoisotopic (exact) mass is 228 g/mol. The third kappa shape index (κ3) is 2.26. The number of para-hydroxylation sites is 1. The van der Waals surface area contributed by atoms with Crippen molar-refractivity contribution >= 4 is 0 Å². The van der Waals surface area contributed by atoms with Crippen molar-refractivity contribution in [2.45, 2.75) is 40.0 Å². The Morgan fingerprint density at radius 3 is 2.29 bits per heavy atom. The minimum atomic E-state index is 0.101. The van der Waals surface area contributed by atoms with E-state index in [9.17, 15) is 0 Å². The van der Waals surface area contributed by atoms with Crippen molar-refractivity contribution in [3.05, 3.63) is 47.3 Å². The average molecular weight is 228 g/mol. The lowest BCUT2D eigenvalue weighted by molar-refractivity contribution is 0.543. The fourth-order valence-electron chi connectivity index (χ4n) is 2.02. The summed E-state index contributed by atoms with van der Waals surface area (Å²) < 4.78 is 2.07. The topological polar surface area (TPSA) is 17.8 Å². The summed E-state index contributed by atoms with van der Waals surface area (Å²) in [7, 11) is 0. The predicted molar refractivity (Wildman–Crippen MR) is 71.7 cm³/mol. The highest BCUT2D eigenvalue weighted by Crippen LogP contribution is 2.26. The Bertz CT molecular complexity index is 530. The van der Waals surface area contributed by atoms with Crippen molar-refractivity contribution in [2.75, 3.05) is 0 Å². The molecule has 0 saturated carbocycles. The minimum absolute atomic E-state index is 0.101. The van der Waals surface area contributed by atoms with E-state index in [2.05, 4.69) is 67.8 Å². The van der Waals surface area contributed by atoms with Crippen LogP contribution in [0.15, 0.2) is 30.3 Å². The lowest BCUT2D eigenvalue weighted by Gasteiger charge is -2.21. The first-order valence-electron chi connectivity index (χ1n) is 6.03. The van der Waals surface area contributed by atoms with E-state index in [4.69, 9.17) is 0 Å². The molecule has 0 spiro atoms. The van der Waals surface area contributed by atoms with Crippen molar-refractivity contribution in [1.82, 2.24) is 9.78 Å². The molecule has 1 aromatic heterocycles. The lowest BCUT2D eigenvalue weighted by Crippen LogP contribution is -2.17. The first kappa shape index (κ1) is 11.9. The number of rotatable bonds is 1. The van der Waals surface area contributed by atoms with E-state index >= 15 is 0 Å². The second-order valence-electron chi connectivity index (χ2n) is 5.62. The molecular weight excluding hydrogens is 208 g/mol. The first-order valence-corrected chi connectivity index (χ1v) is 6.03. The number of nitrogens with zero attached hydrogens (tertiary/aromatic N) is 2. The zero-order valence-electron chi connectivity index (χ0n) is 11.3. The van der Waals surface area contributed by atoms with Gasteiger partial charge in [-0.15, -0.1) is 0 Å². The molecule has 1 aromatic carbocycles. The number of aryl methyl sites for hydroxylation is 2. The van der Waals surface area contributed by atoms with Gasteiger partial charge in [-0.05, 0) is 31.5 Å². The highest BCUT2D eigenvalue weighted by Gasteiger charge is 2.21. The van der Waals surface area contributed by atoms with E-state index in [-0.39, 0.29) is 5.41 Å². The predicted octanol–water partition coefficient (Wildman–Crippen LogP) is 3.79. The average Bonchev–Trinajstić information content (AvgIpc) is 2.60. The van der Waals surface area contributed by atoms with Gasteiger partial charge < -0.3 is 0 Å². The van der Waals surface area contributed by atoms with Crippen LogP contribution in [0, 0.1) is 13.8 Å². The Morgan fingerprint density at radius 1 is 1.06 bits per heavy atom. The molecule has 0 saturated heterocycles. The molecular formula is C15H20N2. The summed E-state index contributed by atoms with van der Waals surface area (Å²) in [5, 5.41) is 4.62. The zero-order chi connectivity index (χ0) is 12.6. The minimum Gasteiger partial charge on any atom is -0.237 e. The van der Waals surface area contributed by atoms with Crippen LogP contribution in [-0.2, 0) is 5.41 Å². The highest BCUT2D eigenvalue weighted by molar-refractivity contribution is 5.42. The largest absolute Gasteiger partial charge is 0.237 e. The molecule has 2 aromatic rings. The Morgan fingerprint density at radius 2 is 1.71 bits per heavy atom. The van der Waals surface area contributed by atoms with E-state index in [0.29, 0.717) is 0 Å². The van der Waals surface area contributed by atoms with Crippen molar-refractivity contribution in [3.63, 3.8) is 0 Å². The molecule has 0 amide bonds. The van der Waals surface area contributed by atoms with Crippen LogP contribution >= 0.6 is 0 Å². The summed E-state index contributed by atoms with van der Waals surface area (Å²) in [5.74, 6) is 0. The van der Waals surface area contributed by atoms with E-state index in [1.54, 1.807) is 0 Å². The van der Waals surface area contributed by atoms with E-state index in [0.717, 1.165) is 5.69 Å². The maximum Gasteiger partial charge on any atom is 0.0678 e. The molecule has 2 nitrogen and oxygen atoms in total. The standard InChI is InChI=1S/C15H20N2/c1-11-8-6-7-9-13(11)17-14(15(3,4)5)10-12(2)16-17/h6-10H,1-5H3. The third-order valence-corrected chi connectivity index (χ3v) is 2.94. The Labute approximate surface area is 103 Å². The van der Waals surface area contributed by atoms with Crippen LogP contribution in [0.5, 0.6) is 0 Å². The van der Waals surface area contributed by atoms with Crippen LogP contribution in [0.2, 0.25) is 0 Å². The number of hydrogen-bond acceptors (Lipinski definition) is 1. The maximum absolute atomic E-state index is 4.62. The molecule has 0 aliphatic rings. The summed E-state index contributed by atoms with van der Waals surface area (Å²) in [6, 6.07) is 10.5. The van der Waals surface area contributed by atoms with Crippen LogP contribution in [0.25, 0.3) is 5.69 Å². The van der Waals surface area contributed by atoms with Crippen molar-refractivity contribution in [1.29, 1.82) is 0 Å². The van der Waals surface area contributed by atoms with Gasteiger partial charge in [-0.2, -0.15) is 5.10 Å². The molecule has 2 rings (SSSR count). The van der Waals surface area contributed by atoms with Gasteiger partial charge in [0.05, 0.1) is 11.4 Å². The number of benzene rings is 1. The molecule has 0 radical (unpaired) electrons. The maximum atomic E-state index is 4.62. The van der Waals surface area contributed by atoms with E-state index < -0.39 is 0 Å². The lowest BCUT2D eigenvalue weighted by atomic mass is 9.91. The van der Waals surface area contributed by atoms with Crippen LogP contribution in [0.4, 0.5) is 0 Å². The smallest absolute Gasteiger partial charge is 0.0678 e. The van der Waals surface area contributed by atoms with Gasteiger partial charge in [-0.25, -0.2) is 4.68 Å². The summed E-state index contributed by atoms with van der Waals surface area (Å²) in [6.45, 7) is 10.8. The normalized spacial score (nSPS) is 11.8. The third-order valence-electron chi connectivity index (χ3n) is 2.94. The molecule has 2 heteroatoms. The van der Waals surface area contributed by atoms with E-state index in [1.807, 2.05) is 6.92 Å². The van der Waals surface area contributed by atoms with Gasteiger partial charge in [0.15, 0.2) is 0 Å². The van der Waals surface area contributed by atoms with Crippen molar-refractivity contribution in [3.8, 4) is 5.69 Å². The molecule has 0 atom stereocenters. The molecule has 90 valence electrons. The van der Waals surface area contributed by atoms with Crippen molar-refractivity contribution < 1.29 is 0 Å². The summed E-state index contributed by atoms with van der Waals surface area (Å²) in [4.78, 5) is 0. The zero-order valence-corrected chi connectivity index (χ0v) is 11.3. The summed E-state index contributed by atoms with van der Waals surface area (Å²) in [6.07, 6.45) is 0. The molecule has 17 heavy (non-hydrogen) atoms. The van der Waals surface area contributed by atoms with Gasteiger partial charge >= 0.3 is 0 Å². The fourth-order valence-corrected chi connectivity index (χ4v) is 2.02. The van der Waals surface area contributed by atoms with Gasteiger partial charge in [0, 0.05) is 11.1 Å². The molecule has 0 N–H and O–H groups in total. The van der Waals surface area contributed by atoms with Gasteiger partial charge in [-0.3, -0.25) is 0 Å². The fraction of sp³-hybridized carbons (Fsp3) is 0.400. The van der Waals surface area contributed by atoms with Crippen LogP contribution in [-0.4, -0.2) is 9.78 Å². The first-order chi connectivity index (χ1) is 7.89. The van der Waals surface area contributed by atoms with Gasteiger partial charge in [0.1, 0.15) is 0 Å². The van der Waals surface area contributed by atoms with Crippen LogP contribution < -0.4 is 0 Å². The molecule has 0 aliphatic carbocycles. The molecule has 0 unspecified atom stereocenters.